The summed E-state index contributed by atoms with van der Waals surface area (Å²) in [6.07, 6.45) is 4.78. The van der Waals surface area contributed by atoms with Gasteiger partial charge in [-0.1, -0.05) is 18.2 Å². The summed E-state index contributed by atoms with van der Waals surface area (Å²) in [5.74, 6) is 1.55. The number of carbonyl (C=O) groups is 1. The lowest BCUT2D eigenvalue weighted by atomic mass is 10.1. The first kappa shape index (κ1) is 17.7. The lowest BCUT2D eigenvalue weighted by Crippen LogP contribution is -2.26. The molecule has 2 aliphatic rings. The zero-order chi connectivity index (χ0) is 19.8. The topological polar surface area (TPSA) is 84.7 Å². The normalized spacial score (nSPS) is 15.8. The van der Waals surface area contributed by atoms with Gasteiger partial charge in [-0.3, -0.25) is 4.79 Å². The number of fused-ring (bicyclic) bond motifs is 2. The standard InChI is InChI=1S/C21H22N6O2/c1-14-7-19(27-21(25-14)23-13-24-27)26-10-16-5-4-15(8-18(16)11-26)9-22-20(28)17-3-2-6-29-12-17/h4-5,7-8,12-13H,2-3,6,9-11H2,1H3,(H,22,28). The SMILES string of the molecule is Cc1cc(N2Cc3ccc(CNC(=O)C4=COCCC4)cc3C2)n2ncnc2n1. The molecule has 0 bridgehead atoms. The largest absolute Gasteiger partial charge is 0.501 e. The quantitative estimate of drug-likeness (QED) is 0.736. The van der Waals surface area contributed by atoms with Gasteiger partial charge in [0.1, 0.15) is 12.1 Å². The number of amides is 1. The van der Waals surface area contributed by atoms with Crippen molar-refractivity contribution in [1.29, 1.82) is 0 Å². The van der Waals surface area contributed by atoms with Crippen molar-refractivity contribution >= 4 is 17.5 Å². The van der Waals surface area contributed by atoms with Gasteiger partial charge in [0.2, 0.25) is 0 Å². The Balaban J connectivity index is 1.31. The predicted octanol–water partition coefficient (Wildman–Crippen LogP) is 2.26. The second-order valence-electron chi connectivity index (χ2n) is 7.49. The van der Waals surface area contributed by atoms with Crippen LogP contribution in [0.15, 0.2) is 42.4 Å². The van der Waals surface area contributed by atoms with E-state index >= 15 is 0 Å². The molecule has 0 fully saturated rings. The summed E-state index contributed by atoms with van der Waals surface area (Å²) in [4.78, 5) is 23.2. The number of hydrogen-bond donors (Lipinski definition) is 1. The van der Waals surface area contributed by atoms with Crippen molar-refractivity contribution in [2.45, 2.75) is 39.4 Å². The van der Waals surface area contributed by atoms with E-state index in [1.165, 1.54) is 17.5 Å². The maximum atomic E-state index is 12.3. The Hall–Kier alpha value is -3.42. The van der Waals surface area contributed by atoms with Gasteiger partial charge in [0.15, 0.2) is 0 Å². The maximum Gasteiger partial charge on any atom is 0.254 e. The molecule has 0 saturated heterocycles. The lowest BCUT2D eigenvalue weighted by molar-refractivity contribution is -0.118. The van der Waals surface area contributed by atoms with Crippen molar-refractivity contribution in [3.8, 4) is 0 Å². The third-order valence-electron chi connectivity index (χ3n) is 5.36. The van der Waals surface area contributed by atoms with Crippen LogP contribution in [0.2, 0.25) is 0 Å². The van der Waals surface area contributed by atoms with Crippen LogP contribution in [-0.2, 0) is 29.2 Å². The number of nitrogens with zero attached hydrogens (tertiary/aromatic N) is 5. The Kier molecular flexibility index (Phi) is 4.38. The van der Waals surface area contributed by atoms with Gasteiger partial charge in [0.25, 0.3) is 11.7 Å². The van der Waals surface area contributed by atoms with Crippen LogP contribution in [0.4, 0.5) is 5.82 Å². The van der Waals surface area contributed by atoms with E-state index in [1.54, 1.807) is 10.8 Å². The van der Waals surface area contributed by atoms with E-state index in [1.807, 2.05) is 13.0 Å². The van der Waals surface area contributed by atoms with Crippen molar-refractivity contribution < 1.29 is 9.53 Å². The van der Waals surface area contributed by atoms with Gasteiger partial charge in [-0.2, -0.15) is 14.6 Å². The molecule has 1 N–H and O–H groups in total. The van der Waals surface area contributed by atoms with Crippen LogP contribution in [0.1, 0.15) is 35.2 Å². The van der Waals surface area contributed by atoms with E-state index < -0.39 is 0 Å². The molecule has 0 atom stereocenters. The average Bonchev–Trinajstić information content (AvgIpc) is 3.38. The molecule has 1 amide bonds. The average molecular weight is 390 g/mol. The molecule has 0 saturated carbocycles. The highest BCUT2D eigenvalue weighted by Crippen LogP contribution is 2.29. The van der Waals surface area contributed by atoms with Gasteiger partial charge < -0.3 is 15.0 Å². The van der Waals surface area contributed by atoms with Gasteiger partial charge >= 0.3 is 0 Å². The van der Waals surface area contributed by atoms with Crippen LogP contribution in [0.25, 0.3) is 5.78 Å². The Bertz CT molecular complexity index is 1120. The molecular weight excluding hydrogens is 368 g/mol. The van der Waals surface area contributed by atoms with E-state index in [4.69, 9.17) is 4.74 Å². The van der Waals surface area contributed by atoms with Crippen LogP contribution in [0, 0.1) is 6.92 Å². The third kappa shape index (κ3) is 3.41. The van der Waals surface area contributed by atoms with Gasteiger partial charge in [0, 0.05) is 31.4 Å². The van der Waals surface area contributed by atoms with Crippen LogP contribution >= 0.6 is 0 Å². The molecule has 2 aromatic heterocycles. The Morgan fingerprint density at radius 3 is 3.00 bits per heavy atom. The number of benzene rings is 1. The first-order valence-corrected chi connectivity index (χ1v) is 9.79. The smallest absolute Gasteiger partial charge is 0.254 e. The number of carbonyl (C=O) groups excluding carboxylic acids is 1. The third-order valence-corrected chi connectivity index (χ3v) is 5.36. The van der Waals surface area contributed by atoms with Crippen LogP contribution in [-0.4, -0.2) is 32.1 Å². The number of rotatable bonds is 4. The maximum absolute atomic E-state index is 12.3. The molecule has 5 rings (SSSR count). The first-order chi connectivity index (χ1) is 14.2. The van der Waals surface area contributed by atoms with Crippen molar-refractivity contribution in [2.24, 2.45) is 0 Å². The Labute approximate surface area is 168 Å². The minimum atomic E-state index is -0.0485. The number of anilines is 1. The molecule has 4 heterocycles. The van der Waals surface area contributed by atoms with E-state index in [0.717, 1.165) is 43.0 Å². The fourth-order valence-corrected chi connectivity index (χ4v) is 3.88. The summed E-state index contributed by atoms with van der Waals surface area (Å²) in [6, 6.07) is 8.44. The van der Waals surface area contributed by atoms with Crippen LogP contribution in [0.5, 0.6) is 0 Å². The van der Waals surface area contributed by atoms with Crippen LogP contribution < -0.4 is 10.2 Å². The number of ether oxygens (including phenoxy) is 1. The summed E-state index contributed by atoms with van der Waals surface area (Å²) >= 11 is 0. The fraction of sp³-hybridized carbons (Fsp3) is 0.333. The summed E-state index contributed by atoms with van der Waals surface area (Å²) in [5.41, 5.74) is 5.27. The van der Waals surface area contributed by atoms with Crippen molar-refractivity contribution in [3.05, 3.63) is 64.8 Å². The number of aromatic nitrogens is 4. The molecule has 2 aliphatic heterocycles. The summed E-state index contributed by atoms with van der Waals surface area (Å²) in [5, 5.41) is 7.32. The highest BCUT2D eigenvalue weighted by molar-refractivity contribution is 5.93. The lowest BCUT2D eigenvalue weighted by Gasteiger charge is -2.18. The molecule has 0 aliphatic carbocycles. The summed E-state index contributed by atoms with van der Waals surface area (Å²) in [7, 11) is 0. The monoisotopic (exact) mass is 390 g/mol. The van der Waals surface area contributed by atoms with Crippen molar-refractivity contribution in [3.63, 3.8) is 0 Å². The molecule has 0 unspecified atom stereocenters. The minimum Gasteiger partial charge on any atom is -0.501 e. The van der Waals surface area contributed by atoms with E-state index in [0.29, 0.717) is 24.5 Å². The molecule has 0 spiro atoms. The molecule has 0 radical (unpaired) electrons. The molecule has 148 valence electrons. The summed E-state index contributed by atoms with van der Waals surface area (Å²) < 4.78 is 7.04. The molecule has 3 aromatic rings. The second kappa shape index (κ2) is 7.20. The van der Waals surface area contributed by atoms with Gasteiger partial charge in [-0.25, -0.2) is 4.98 Å². The zero-order valence-electron chi connectivity index (χ0n) is 16.3. The number of nitrogens with one attached hydrogen (secondary N) is 1. The van der Waals surface area contributed by atoms with Gasteiger partial charge in [-0.05, 0) is 36.5 Å². The van der Waals surface area contributed by atoms with Gasteiger partial charge in [-0.15, -0.1) is 0 Å². The predicted molar refractivity (Wildman–Crippen MR) is 107 cm³/mol. The highest BCUT2D eigenvalue weighted by atomic mass is 16.5. The Morgan fingerprint density at radius 1 is 1.24 bits per heavy atom. The first-order valence-electron chi connectivity index (χ1n) is 9.79. The molecule has 8 nitrogen and oxygen atoms in total. The highest BCUT2D eigenvalue weighted by Gasteiger charge is 2.23. The van der Waals surface area contributed by atoms with Crippen molar-refractivity contribution in [1.82, 2.24) is 24.9 Å². The fourth-order valence-electron chi connectivity index (χ4n) is 3.88. The second-order valence-corrected chi connectivity index (χ2v) is 7.49. The van der Waals surface area contributed by atoms with Gasteiger partial charge in [0.05, 0.1) is 18.4 Å². The van der Waals surface area contributed by atoms with E-state index in [2.05, 4.69) is 43.5 Å². The molecule has 1 aromatic carbocycles. The van der Waals surface area contributed by atoms with Crippen molar-refractivity contribution in [2.75, 3.05) is 11.5 Å². The van der Waals surface area contributed by atoms with Crippen LogP contribution in [0.3, 0.4) is 0 Å². The number of aryl methyl sites for hydroxylation is 1. The van der Waals surface area contributed by atoms with E-state index in [-0.39, 0.29) is 5.91 Å². The molecular formula is C21H22N6O2. The molecule has 8 heteroatoms. The zero-order valence-corrected chi connectivity index (χ0v) is 16.3. The minimum absolute atomic E-state index is 0.0485. The summed E-state index contributed by atoms with van der Waals surface area (Å²) in [6.45, 7) is 4.76. The number of hydrogen-bond acceptors (Lipinski definition) is 6. The van der Waals surface area contributed by atoms with E-state index in [9.17, 15) is 4.79 Å². The Morgan fingerprint density at radius 2 is 2.14 bits per heavy atom. The molecule has 29 heavy (non-hydrogen) atoms.